The van der Waals surface area contributed by atoms with Gasteiger partial charge in [-0.2, -0.15) is 28.2 Å². The maximum absolute atomic E-state index is 14.9. The quantitative estimate of drug-likeness (QED) is 0.174. The molecule has 2 aromatic carbocycles. The summed E-state index contributed by atoms with van der Waals surface area (Å²) >= 11 is 0. The number of aliphatic hydroxyl groups excluding tert-OH is 2. The molecular formula is C35H40F3N7O5. The molecule has 2 fully saturated rings. The van der Waals surface area contributed by atoms with Crippen LogP contribution < -0.4 is 20.7 Å². The Labute approximate surface area is 287 Å². The van der Waals surface area contributed by atoms with E-state index in [0.717, 1.165) is 12.8 Å². The third-order valence-electron chi connectivity index (χ3n) is 9.48. The summed E-state index contributed by atoms with van der Waals surface area (Å²) in [4.78, 5) is 22.6. The van der Waals surface area contributed by atoms with E-state index in [1.165, 1.54) is 16.8 Å². The molecule has 5 N–H and O–H groups in total. The Bertz CT molecular complexity index is 1840. The molecule has 6 rings (SSSR count). The maximum Gasteiger partial charge on any atom is 0.429 e. The number of aromatic nitrogens is 4. The summed E-state index contributed by atoms with van der Waals surface area (Å²) in [7, 11) is 0. The van der Waals surface area contributed by atoms with E-state index in [-0.39, 0.29) is 53.7 Å². The van der Waals surface area contributed by atoms with Gasteiger partial charge in [0.25, 0.3) is 0 Å². The lowest BCUT2D eigenvalue weighted by atomic mass is 9.76. The number of hydrogen-bond acceptors (Lipinski definition) is 11. The van der Waals surface area contributed by atoms with Crippen LogP contribution in [0.1, 0.15) is 54.7 Å². The van der Waals surface area contributed by atoms with Gasteiger partial charge in [0.2, 0.25) is 17.9 Å². The van der Waals surface area contributed by atoms with Crippen molar-refractivity contribution in [3.63, 3.8) is 0 Å². The van der Waals surface area contributed by atoms with E-state index >= 15 is 0 Å². The number of nitrogen functional groups attached to an aromatic ring is 1. The summed E-state index contributed by atoms with van der Waals surface area (Å²) < 4.78 is 57.0. The number of benzene rings is 2. The van der Waals surface area contributed by atoms with E-state index < -0.39 is 12.3 Å². The van der Waals surface area contributed by atoms with E-state index in [1.54, 1.807) is 56.4 Å². The predicted octanol–water partition coefficient (Wildman–Crippen LogP) is 4.40. The zero-order valence-electron chi connectivity index (χ0n) is 27.8. The Balaban J connectivity index is 1.28. The fourth-order valence-electron chi connectivity index (χ4n) is 6.80. The van der Waals surface area contributed by atoms with Gasteiger partial charge in [0.1, 0.15) is 11.9 Å². The SMILES string of the molecule is CCOC(=O)C1CC2(CCN(c3cc(O[C@@H](c4ccc(-c5ccc(CO)c(CO)c5)cc4-n4ccc(C)n4)C(F)(F)F)nc(N)n3)CC2)CN1. The van der Waals surface area contributed by atoms with E-state index in [9.17, 15) is 28.2 Å². The molecule has 4 aromatic rings. The second-order valence-corrected chi connectivity index (χ2v) is 12.8. The predicted molar refractivity (Wildman–Crippen MR) is 178 cm³/mol. The number of carbonyl (C=O) groups excluding carboxylic acids is 1. The smallest absolute Gasteiger partial charge is 0.429 e. The Morgan fingerprint density at radius 2 is 1.78 bits per heavy atom. The number of aryl methyl sites for hydroxylation is 1. The lowest BCUT2D eigenvalue weighted by molar-refractivity contribution is -0.198. The largest absolute Gasteiger partial charge is 0.465 e. The van der Waals surface area contributed by atoms with Crippen molar-refractivity contribution in [1.82, 2.24) is 25.1 Å². The van der Waals surface area contributed by atoms with Gasteiger partial charge in [-0.1, -0.05) is 24.3 Å². The Hall–Kier alpha value is -4.73. The van der Waals surface area contributed by atoms with Crippen LogP contribution in [-0.4, -0.2) is 74.4 Å². The van der Waals surface area contributed by atoms with Gasteiger partial charge < -0.3 is 35.6 Å². The number of hydrogen-bond donors (Lipinski definition) is 4. The summed E-state index contributed by atoms with van der Waals surface area (Å²) in [6.07, 6.45) is -3.62. The first kappa shape index (κ1) is 35.1. The summed E-state index contributed by atoms with van der Waals surface area (Å²) in [6.45, 7) is 5.02. The van der Waals surface area contributed by atoms with Gasteiger partial charge in [-0.25, -0.2) is 4.68 Å². The van der Waals surface area contributed by atoms with Crippen molar-refractivity contribution in [2.75, 3.05) is 36.9 Å². The number of halogens is 3. The van der Waals surface area contributed by atoms with Crippen LogP contribution in [0, 0.1) is 12.3 Å². The normalized spacial score (nSPS) is 18.0. The Morgan fingerprint density at radius 3 is 2.44 bits per heavy atom. The molecule has 266 valence electrons. The van der Waals surface area contributed by atoms with E-state index in [4.69, 9.17) is 15.2 Å². The molecule has 0 saturated carbocycles. The molecule has 4 heterocycles. The molecule has 2 aliphatic heterocycles. The molecule has 1 unspecified atom stereocenters. The zero-order valence-corrected chi connectivity index (χ0v) is 27.8. The van der Waals surface area contributed by atoms with Gasteiger partial charge in [0.05, 0.1) is 31.2 Å². The first-order chi connectivity index (χ1) is 23.9. The first-order valence-electron chi connectivity index (χ1n) is 16.5. The second kappa shape index (κ2) is 14.2. The highest BCUT2D eigenvalue weighted by Gasteiger charge is 2.46. The molecule has 0 amide bonds. The topological polar surface area (TPSA) is 161 Å². The number of anilines is 2. The number of alkyl halides is 3. The molecule has 2 saturated heterocycles. The van der Waals surface area contributed by atoms with Crippen molar-refractivity contribution in [3.05, 3.63) is 77.1 Å². The van der Waals surface area contributed by atoms with E-state index in [1.807, 2.05) is 4.90 Å². The van der Waals surface area contributed by atoms with Crippen molar-refractivity contribution >= 4 is 17.7 Å². The van der Waals surface area contributed by atoms with Crippen LogP contribution in [0.15, 0.2) is 54.7 Å². The van der Waals surface area contributed by atoms with Crippen molar-refractivity contribution in [3.8, 4) is 22.7 Å². The summed E-state index contributed by atoms with van der Waals surface area (Å²) in [5.74, 6) is -0.475. The Morgan fingerprint density at radius 1 is 1.06 bits per heavy atom. The fraction of sp³-hybridized carbons (Fsp3) is 0.429. The minimum Gasteiger partial charge on any atom is -0.465 e. The van der Waals surface area contributed by atoms with E-state index in [0.29, 0.717) is 66.4 Å². The van der Waals surface area contributed by atoms with Crippen LogP contribution in [0.2, 0.25) is 0 Å². The standard InChI is InChI=1S/C35H40F3N7O5/c1-3-49-32(48)27-17-34(20-40-27)9-12-44(13-10-34)29-16-30(42-33(39)41-29)50-31(35(36,37)38)26-7-6-23(15-28(26)45-11-8-21(2)43-45)22-4-5-24(18-46)25(14-22)19-47/h4-8,11,14-16,27,31,40,46-47H,3,9-10,12-13,17-20H2,1-2H3,(H2,39,41,42)/t27?,31-/m0/s1. The van der Waals surface area contributed by atoms with Gasteiger partial charge in [0.15, 0.2) is 0 Å². The minimum atomic E-state index is -4.87. The molecule has 0 aliphatic carbocycles. The van der Waals surface area contributed by atoms with Crippen LogP contribution in [0.25, 0.3) is 16.8 Å². The zero-order chi connectivity index (χ0) is 35.6. The van der Waals surface area contributed by atoms with Gasteiger partial charge >= 0.3 is 12.1 Å². The van der Waals surface area contributed by atoms with E-state index in [2.05, 4.69) is 20.4 Å². The number of nitrogens with two attached hydrogens (primary N) is 1. The van der Waals surface area contributed by atoms with Crippen LogP contribution in [0.4, 0.5) is 24.9 Å². The minimum absolute atomic E-state index is 0.0961. The molecule has 2 aliphatic rings. The van der Waals surface area contributed by atoms with Crippen LogP contribution in [0.3, 0.4) is 0 Å². The molecular weight excluding hydrogens is 655 g/mol. The van der Waals surface area contributed by atoms with Crippen LogP contribution >= 0.6 is 0 Å². The second-order valence-electron chi connectivity index (χ2n) is 12.8. The molecule has 1 spiro atoms. The lowest BCUT2D eigenvalue weighted by Gasteiger charge is -2.39. The number of nitrogens with zero attached hydrogens (tertiary/aromatic N) is 5. The number of rotatable bonds is 10. The van der Waals surface area contributed by atoms with Gasteiger partial charge in [-0.15, -0.1) is 0 Å². The van der Waals surface area contributed by atoms with Crippen LogP contribution in [-0.2, 0) is 22.7 Å². The lowest BCUT2D eigenvalue weighted by Crippen LogP contribution is -2.41. The highest BCUT2D eigenvalue weighted by Crippen LogP contribution is 2.43. The fourth-order valence-corrected chi connectivity index (χ4v) is 6.80. The van der Waals surface area contributed by atoms with Crippen molar-refractivity contribution in [2.24, 2.45) is 5.41 Å². The number of nitrogens with one attached hydrogen (secondary N) is 1. The van der Waals surface area contributed by atoms with Gasteiger partial charge in [0, 0.05) is 37.5 Å². The maximum atomic E-state index is 14.9. The molecule has 15 heteroatoms. The molecule has 0 radical (unpaired) electrons. The average molecular weight is 696 g/mol. The number of ether oxygens (including phenoxy) is 2. The summed E-state index contributed by atoms with van der Waals surface area (Å²) in [5, 5.41) is 27.1. The summed E-state index contributed by atoms with van der Waals surface area (Å²) in [5.41, 5.74) is 8.70. The highest BCUT2D eigenvalue weighted by molar-refractivity contribution is 5.76. The first-order valence-corrected chi connectivity index (χ1v) is 16.5. The molecule has 0 bridgehead atoms. The number of aliphatic hydroxyl groups is 2. The van der Waals surface area contributed by atoms with Gasteiger partial charge in [-0.05, 0) is 79.0 Å². The van der Waals surface area contributed by atoms with Gasteiger partial charge in [-0.3, -0.25) is 4.79 Å². The molecule has 2 atom stereocenters. The molecule has 2 aromatic heterocycles. The third-order valence-corrected chi connectivity index (χ3v) is 9.48. The van der Waals surface area contributed by atoms with Crippen molar-refractivity contribution < 1.29 is 37.7 Å². The summed E-state index contributed by atoms with van der Waals surface area (Å²) in [6, 6.07) is 12.2. The molecule has 50 heavy (non-hydrogen) atoms. The number of piperidine rings is 1. The van der Waals surface area contributed by atoms with Crippen molar-refractivity contribution in [1.29, 1.82) is 0 Å². The third kappa shape index (κ3) is 7.39. The molecule has 12 nitrogen and oxygen atoms in total. The van der Waals surface area contributed by atoms with Crippen molar-refractivity contribution in [2.45, 2.75) is 64.6 Å². The number of esters is 1. The highest BCUT2D eigenvalue weighted by atomic mass is 19.4. The number of carbonyl (C=O) groups is 1. The average Bonchev–Trinajstić information content (AvgIpc) is 3.72. The monoisotopic (exact) mass is 695 g/mol. The van der Waals surface area contributed by atoms with Crippen LogP contribution in [0.5, 0.6) is 5.88 Å². The Kier molecular flexibility index (Phi) is 10.0.